The lowest BCUT2D eigenvalue weighted by Crippen LogP contribution is -2.62. The smallest absolute Gasteiger partial charge is 0.278 e. The zero-order chi connectivity index (χ0) is 30.8. The molecule has 2 heterocycles. The van der Waals surface area contributed by atoms with Crippen LogP contribution in [0.15, 0.2) is 78.8 Å². The van der Waals surface area contributed by atoms with Gasteiger partial charge >= 0.3 is 0 Å². The predicted molar refractivity (Wildman–Crippen MR) is 152 cm³/mol. The van der Waals surface area contributed by atoms with Gasteiger partial charge in [0.15, 0.2) is 11.4 Å². The molecule has 0 saturated carbocycles. The number of aromatic nitrogens is 1. The highest BCUT2D eigenvalue weighted by atomic mass is 19.1. The van der Waals surface area contributed by atoms with Gasteiger partial charge in [-0.3, -0.25) is 24.1 Å². The van der Waals surface area contributed by atoms with Crippen LogP contribution < -0.4 is 20.5 Å². The molecule has 2 amide bonds. The summed E-state index contributed by atoms with van der Waals surface area (Å²) in [5.74, 6) is -5.37. The Balaban J connectivity index is 1.85. The lowest BCUT2D eigenvalue weighted by atomic mass is 10.0. The van der Waals surface area contributed by atoms with Crippen molar-refractivity contribution in [3.8, 4) is 5.75 Å². The third-order valence-corrected chi connectivity index (χ3v) is 7.16. The van der Waals surface area contributed by atoms with Crippen molar-refractivity contribution in [1.29, 1.82) is 0 Å². The molecular formula is C31H31F3N4O4. The van der Waals surface area contributed by atoms with Crippen molar-refractivity contribution in [1.82, 2.24) is 14.9 Å². The lowest BCUT2D eigenvalue weighted by molar-refractivity contribution is 0.0626. The van der Waals surface area contributed by atoms with E-state index in [9.17, 15) is 27.6 Å². The molecule has 11 heteroatoms. The van der Waals surface area contributed by atoms with E-state index in [-0.39, 0.29) is 24.7 Å². The summed E-state index contributed by atoms with van der Waals surface area (Å²) in [6.07, 6.45) is 4.43. The summed E-state index contributed by atoms with van der Waals surface area (Å²) in [5.41, 5.74) is -2.12. The number of nitrogens with one attached hydrogen (secondary N) is 1. The van der Waals surface area contributed by atoms with E-state index in [0.29, 0.717) is 17.7 Å². The molecular weight excluding hydrogens is 549 g/mol. The number of hydrogen-bond acceptors (Lipinski definition) is 5. The second-order valence-corrected chi connectivity index (χ2v) is 10.3. The minimum absolute atomic E-state index is 0.0477. The second kappa shape index (κ2) is 12.0. The number of amides is 2. The summed E-state index contributed by atoms with van der Waals surface area (Å²) in [6.45, 7) is 12.4. The van der Waals surface area contributed by atoms with Crippen LogP contribution in [0.2, 0.25) is 0 Å². The minimum atomic E-state index is -1.19. The zero-order valence-electron chi connectivity index (χ0n) is 23.5. The number of fused-ring (bicyclic) bond motifs is 1. The molecule has 0 saturated heterocycles. The van der Waals surface area contributed by atoms with Gasteiger partial charge in [0.1, 0.15) is 36.3 Å². The number of nitrogens with zero attached hydrogens (tertiary/aromatic N) is 3. The molecule has 0 radical (unpaired) electrons. The third kappa shape index (κ3) is 5.81. The van der Waals surface area contributed by atoms with Crippen molar-refractivity contribution in [3.63, 3.8) is 0 Å². The number of halogens is 3. The van der Waals surface area contributed by atoms with Crippen LogP contribution in [0.4, 0.5) is 13.2 Å². The second-order valence-electron chi connectivity index (χ2n) is 10.3. The monoisotopic (exact) mass is 580 g/mol. The fourth-order valence-electron chi connectivity index (χ4n) is 4.41. The summed E-state index contributed by atoms with van der Waals surface area (Å²) in [5, 5.41) is 4.05. The summed E-state index contributed by atoms with van der Waals surface area (Å²) in [7, 11) is 0. The van der Waals surface area contributed by atoms with Crippen molar-refractivity contribution in [2.75, 3.05) is 11.7 Å². The van der Waals surface area contributed by atoms with Crippen LogP contribution in [0.25, 0.3) is 0 Å². The lowest BCUT2D eigenvalue weighted by Gasteiger charge is -2.48. The van der Waals surface area contributed by atoms with Crippen molar-refractivity contribution in [2.45, 2.75) is 45.5 Å². The van der Waals surface area contributed by atoms with Crippen LogP contribution in [0.1, 0.15) is 52.7 Å². The molecule has 1 unspecified atom stereocenters. The standard InChI is InChI=1S/C31H31F3N4O4/c1-6-19(3)36-18-38(31(4,5)7-2)37-16-23(29(40)35-15-22-24(33)13-21(32)14-25(22)34)27(39)28(26(37)30(36)41)42-17-20-11-9-8-10-12-20/h6-14,16,19H,1-2,15,17-18H2,3-5H3,(H,35,40). The van der Waals surface area contributed by atoms with E-state index < -0.39 is 63.9 Å². The maximum Gasteiger partial charge on any atom is 0.278 e. The first-order valence-electron chi connectivity index (χ1n) is 13.1. The van der Waals surface area contributed by atoms with Gasteiger partial charge in [-0.15, -0.1) is 13.2 Å². The molecule has 220 valence electrons. The van der Waals surface area contributed by atoms with Crippen molar-refractivity contribution in [2.24, 2.45) is 0 Å². The first-order valence-corrected chi connectivity index (χ1v) is 13.1. The SMILES string of the molecule is C=CC(C)N1CN(C(C)(C)C=C)n2cc(C(=O)NCc3c(F)cc(F)cc3F)c(=O)c(OCc3ccccc3)c2C1=O. The minimum Gasteiger partial charge on any atom is -0.482 e. The van der Waals surface area contributed by atoms with Crippen LogP contribution in [0, 0.1) is 17.5 Å². The summed E-state index contributed by atoms with van der Waals surface area (Å²) < 4.78 is 49.1. The molecule has 1 aromatic heterocycles. The fourth-order valence-corrected chi connectivity index (χ4v) is 4.41. The summed E-state index contributed by atoms with van der Waals surface area (Å²) >= 11 is 0. The van der Waals surface area contributed by atoms with Crippen LogP contribution in [-0.4, -0.2) is 39.6 Å². The Bertz CT molecular complexity index is 1580. The molecule has 0 bridgehead atoms. The summed E-state index contributed by atoms with van der Waals surface area (Å²) in [4.78, 5) is 42.4. The maximum absolute atomic E-state index is 14.2. The molecule has 1 aliphatic rings. The van der Waals surface area contributed by atoms with E-state index in [2.05, 4.69) is 18.5 Å². The topological polar surface area (TPSA) is 83.9 Å². The average Bonchev–Trinajstić information content (AvgIpc) is 2.96. The molecule has 1 atom stereocenters. The highest BCUT2D eigenvalue weighted by Gasteiger charge is 2.40. The van der Waals surface area contributed by atoms with Gasteiger partial charge in [0.25, 0.3) is 11.8 Å². The van der Waals surface area contributed by atoms with Gasteiger partial charge in [-0.05, 0) is 26.3 Å². The Labute approximate surface area is 241 Å². The van der Waals surface area contributed by atoms with E-state index in [0.717, 1.165) is 0 Å². The molecule has 0 aliphatic carbocycles. The Hall–Kier alpha value is -4.80. The number of ether oxygens (including phenoxy) is 1. The van der Waals surface area contributed by atoms with Gasteiger partial charge in [0, 0.05) is 36.5 Å². The third-order valence-electron chi connectivity index (χ3n) is 7.16. The molecule has 2 aromatic carbocycles. The molecule has 0 spiro atoms. The van der Waals surface area contributed by atoms with Gasteiger partial charge in [-0.1, -0.05) is 42.5 Å². The summed E-state index contributed by atoms with van der Waals surface area (Å²) in [6, 6.07) is 9.48. The van der Waals surface area contributed by atoms with Crippen molar-refractivity contribution < 1.29 is 27.5 Å². The molecule has 0 fully saturated rings. The largest absolute Gasteiger partial charge is 0.482 e. The highest BCUT2D eigenvalue weighted by molar-refractivity contribution is 5.99. The Morgan fingerprint density at radius 3 is 2.36 bits per heavy atom. The van der Waals surface area contributed by atoms with Gasteiger partial charge < -0.3 is 15.0 Å². The van der Waals surface area contributed by atoms with Crippen molar-refractivity contribution in [3.05, 3.63) is 124 Å². The number of pyridine rings is 1. The zero-order valence-corrected chi connectivity index (χ0v) is 23.5. The number of hydrogen-bond donors (Lipinski definition) is 1. The molecule has 1 aliphatic heterocycles. The van der Waals surface area contributed by atoms with Gasteiger partial charge in [-0.2, -0.15) is 0 Å². The molecule has 42 heavy (non-hydrogen) atoms. The highest BCUT2D eigenvalue weighted by Crippen LogP contribution is 2.29. The number of rotatable bonds is 10. The Morgan fingerprint density at radius 2 is 1.76 bits per heavy atom. The molecule has 3 aromatic rings. The van der Waals surface area contributed by atoms with Gasteiger partial charge in [0.05, 0.1) is 5.54 Å². The first kappa shape index (κ1) is 30.2. The quantitative estimate of drug-likeness (QED) is 0.353. The van der Waals surface area contributed by atoms with E-state index in [4.69, 9.17) is 4.74 Å². The molecule has 4 rings (SSSR count). The number of benzene rings is 2. The van der Waals surface area contributed by atoms with Crippen molar-refractivity contribution >= 4 is 11.8 Å². The van der Waals surface area contributed by atoms with Crippen LogP contribution in [-0.2, 0) is 13.2 Å². The van der Waals surface area contributed by atoms with Gasteiger partial charge in [0.2, 0.25) is 5.43 Å². The van der Waals surface area contributed by atoms with E-state index in [1.54, 1.807) is 48.4 Å². The Morgan fingerprint density at radius 1 is 1.12 bits per heavy atom. The van der Waals surface area contributed by atoms with E-state index in [1.165, 1.54) is 15.8 Å². The number of carbonyl (C=O) groups is 2. The first-order chi connectivity index (χ1) is 19.9. The Kier molecular flexibility index (Phi) is 8.60. The van der Waals surface area contributed by atoms with Crippen LogP contribution >= 0.6 is 0 Å². The number of carbonyl (C=O) groups excluding carboxylic acids is 2. The molecule has 8 nitrogen and oxygen atoms in total. The van der Waals surface area contributed by atoms with Gasteiger partial charge in [-0.25, -0.2) is 13.2 Å². The normalized spacial score (nSPS) is 13.8. The van der Waals surface area contributed by atoms with Crippen LogP contribution in [0.5, 0.6) is 5.75 Å². The van der Waals surface area contributed by atoms with E-state index >= 15 is 0 Å². The molecule has 1 N–H and O–H groups in total. The fraction of sp³-hybridized carbons (Fsp3) is 0.258. The average molecular weight is 581 g/mol. The van der Waals surface area contributed by atoms with E-state index in [1.807, 2.05) is 19.9 Å². The van der Waals surface area contributed by atoms with Crippen LogP contribution in [0.3, 0.4) is 0 Å². The predicted octanol–water partition coefficient (Wildman–Crippen LogP) is 4.67. The maximum atomic E-state index is 14.2.